The standard InChI is InChI=1S/C11H20N6O3S/c12-16-11-13-8-10(9-14-11)21(18,19)15-2-1-3-17-4-6-20-7-5-17/h8-9,15H,1-7,12H2,(H,13,14,16). The van der Waals surface area contributed by atoms with E-state index in [1.807, 2.05) is 0 Å². The maximum atomic E-state index is 12.0. The first-order valence-corrected chi connectivity index (χ1v) is 8.18. The quantitative estimate of drug-likeness (QED) is 0.324. The number of ether oxygens (including phenoxy) is 1. The third-order valence-corrected chi connectivity index (χ3v) is 4.53. The van der Waals surface area contributed by atoms with Gasteiger partial charge in [0.2, 0.25) is 16.0 Å². The number of nitrogens with one attached hydrogen (secondary N) is 2. The molecule has 0 aliphatic carbocycles. The first-order valence-electron chi connectivity index (χ1n) is 6.70. The SMILES string of the molecule is NNc1ncc(S(=O)(=O)NCCCN2CCOCC2)cn1. The number of nitrogen functional groups attached to an aromatic ring is 1. The molecule has 0 unspecified atom stereocenters. The van der Waals surface area contributed by atoms with Crippen LogP contribution in [0.25, 0.3) is 0 Å². The van der Waals surface area contributed by atoms with Gasteiger partial charge in [-0.05, 0) is 13.0 Å². The molecule has 4 N–H and O–H groups in total. The van der Waals surface area contributed by atoms with E-state index in [1.54, 1.807) is 0 Å². The molecule has 0 atom stereocenters. The molecule has 1 aromatic rings. The molecule has 10 heteroatoms. The molecule has 0 radical (unpaired) electrons. The van der Waals surface area contributed by atoms with Crippen molar-refractivity contribution in [1.29, 1.82) is 0 Å². The lowest BCUT2D eigenvalue weighted by atomic mass is 10.3. The smallest absolute Gasteiger partial charge is 0.243 e. The zero-order valence-corrected chi connectivity index (χ0v) is 12.5. The number of anilines is 1. The van der Waals surface area contributed by atoms with E-state index in [2.05, 4.69) is 25.0 Å². The van der Waals surface area contributed by atoms with Crippen molar-refractivity contribution in [2.75, 3.05) is 44.8 Å². The summed E-state index contributed by atoms with van der Waals surface area (Å²) in [5.41, 5.74) is 2.24. The predicted molar refractivity (Wildman–Crippen MR) is 76.9 cm³/mol. The molecule has 1 aliphatic heterocycles. The van der Waals surface area contributed by atoms with Crippen molar-refractivity contribution >= 4 is 16.0 Å². The summed E-state index contributed by atoms with van der Waals surface area (Å²) in [7, 11) is -3.58. The van der Waals surface area contributed by atoms with Crippen molar-refractivity contribution in [2.24, 2.45) is 5.84 Å². The maximum absolute atomic E-state index is 12.0. The molecule has 118 valence electrons. The largest absolute Gasteiger partial charge is 0.379 e. The Morgan fingerprint density at radius 2 is 1.95 bits per heavy atom. The number of morpholine rings is 1. The molecular weight excluding hydrogens is 296 g/mol. The van der Waals surface area contributed by atoms with Crippen LogP contribution in [0.15, 0.2) is 17.3 Å². The summed E-state index contributed by atoms with van der Waals surface area (Å²) in [5, 5.41) is 0. The maximum Gasteiger partial charge on any atom is 0.243 e. The zero-order chi connectivity index (χ0) is 15.1. The number of aromatic nitrogens is 2. The summed E-state index contributed by atoms with van der Waals surface area (Å²) in [4.78, 5) is 9.83. The number of nitrogens with zero attached hydrogens (tertiary/aromatic N) is 3. The van der Waals surface area contributed by atoms with Crippen LogP contribution in [0, 0.1) is 0 Å². The molecule has 0 bridgehead atoms. The van der Waals surface area contributed by atoms with Crippen molar-refractivity contribution in [3.8, 4) is 0 Å². The Kier molecular flexibility index (Phi) is 5.82. The normalized spacial score (nSPS) is 16.8. The first-order chi connectivity index (χ1) is 10.1. The fourth-order valence-electron chi connectivity index (χ4n) is 1.95. The molecule has 1 aromatic heterocycles. The van der Waals surface area contributed by atoms with Crippen LogP contribution in [-0.4, -0.2) is 62.7 Å². The van der Waals surface area contributed by atoms with Crippen LogP contribution >= 0.6 is 0 Å². The molecule has 0 saturated carbocycles. The summed E-state index contributed by atoms with van der Waals surface area (Å²) in [6.45, 7) is 4.49. The second kappa shape index (κ2) is 7.61. The minimum atomic E-state index is -3.58. The van der Waals surface area contributed by atoms with Gasteiger partial charge < -0.3 is 4.74 Å². The highest BCUT2D eigenvalue weighted by Gasteiger charge is 2.15. The molecule has 1 saturated heterocycles. The lowest BCUT2D eigenvalue weighted by Crippen LogP contribution is -2.38. The van der Waals surface area contributed by atoms with Crippen molar-refractivity contribution in [2.45, 2.75) is 11.3 Å². The van der Waals surface area contributed by atoms with Gasteiger partial charge in [-0.15, -0.1) is 0 Å². The first kappa shape index (κ1) is 16.0. The van der Waals surface area contributed by atoms with E-state index in [0.717, 1.165) is 39.3 Å². The van der Waals surface area contributed by atoms with E-state index in [0.29, 0.717) is 6.54 Å². The number of hydrogen-bond acceptors (Lipinski definition) is 8. The summed E-state index contributed by atoms with van der Waals surface area (Å²) >= 11 is 0. The van der Waals surface area contributed by atoms with Crippen molar-refractivity contribution < 1.29 is 13.2 Å². The van der Waals surface area contributed by atoms with Crippen LogP contribution in [0.3, 0.4) is 0 Å². The number of hydrogen-bond donors (Lipinski definition) is 3. The number of rotatable bonds is 7. The molecule has 21 heavy (non-hydrogen) atoms. The van der Waals surface area contributed by atoms with Crippen LogP contribution in [0.2, 0.25) is 0 Å². The Morgan fingerprint density at radius 1 is 1.29 bits per heavy atom. The Labute approximate surface area is 123 Å². The van der Waals surface area contributed by atoms with Gasteiger partial charge in [0.05, 0.1) is 25.6 Å². The van der Waals surface area contributed by atoms with Crippen molar-refractivity contribution in [3.05, 3.63) is 12.4 Å². The highest BCUT2D eigenvalue weighted by Crippen LogP contribution is 2.06. The minimum Gasteiger partial charge on any atom is -0.379 e. The minimum absolute atomic E-state index is 0.0212. The Bertz CT molecular complexity index is 529. The fourth-order valence-corrected chi connectivity index (χ4v) is 2.91. The summed E-state index contributed by atoms with van der Waals surface area (Å²) in [5.74, 6) is 5.29. The van der Waals surface area contributed by atoms with Gasteiger partial charge in [0, 0.05) is 19.6 Å². The van der Waals surface area contributed by atoms with Gasteiger partial charge in [-0.3, -0.25) is 10.3 Å². The zero-order valence-electron chi connectivity index (χ0n) is 11.7. The molecule has 0 aromatic carbocycles. The molecule has 2 rings (SSSR count). The lowest BCUT2D eigenvalue weighted by molar-refractivity contribution is 0.0376. The topological polar surface area (TPSA) is 122 Å². The van der Waals surface area contributed by atoms with Crippen LogP contribution in [0.1, 0.15) is 6.42 Å². The van der Waals surface area contributed by atoms with Crippen LogP contribution < -0.4 is 16.0 Å². The highest BCUT2D eigenvalue weighted by molar-refractivity contribution is 7.89. The van der Waals surface area contributed by atoms with Crippen LogP contribution in [-0.2, 0) is 14.8 Å². The average Bonchev–Trinajstić information content (AvgIpc) is 2.53. The van der Waals surface area contributed by atoms with Gasteiger partial charge in [0.15, 0.2) is 0 Å². The Balaban J connectivity index is 1.77. The third kappa shape index (κ3) is 4.86. The van der Waals surface area contributed by atoms with E-state index in [-0.39, 0.29) is 10.8 Å². The van der Waals surface area contributed by atoms with Crippen molar-refractivity contribution in [1.82, 2.24) is 19.6 Å². The van der Waals surface area contributed by atoms with E-state index in [4.69, 9.17) is 10.6 Å². The number of hydrazine groups is 1. The summed E-state index contributed by atoms with van der Waals surface area (Å²) in [6.07, 6.45) is 3.17. The Hall–Kier alpha value is -1.33. The lowest BCUT2D eigenvalue weighted by Gasteiger charge is -2.26. The molecule has 1 aliphatic rings. The molecular formula is C11H20N6O3S. The van der Waals surface area contributed by atoms with E-state index >= 15 is 0 Å². The third-order valence-electron chi connectivity index (χ3n) is 3.11. The van der Waals surface area contributed by atoms with E-state index in [1.165, 1.54) is 12.4 Å². The predicted octanol–water partition coefficient (Wildman–Crippen LogP) is -1.24. The van der Waals surface area contributed by atoms with Gasteiger partial charge in [0.25, 0.3) is 0 Å². The van der Waals surface area contributed by atoms with Gasteiger partial charge >= 0.3 is 0 Å². The number of nitrogens with two attached hydrogens (primary N) is 1. The van der Waals surface area contributed by atoms with Crippen LogP contribution in [0.5, 0.6) is 0 Å². The molecule has 0 spiro atoms. The van der Waals surface area contributed by atoms with Crippen LogP contribution in [0.4, 0.5) is 5.95 Å². The van der Waals surface area contributed by atoms with Gasteiger partial charge in [0.1, 0.15) is 4.90 Å². The summed E-state index contributed by atoms with van der Waals surface area (Å²) < 4.78 is 31.8. The molecule has 0 amide bonds. The Morgan fingerprint density at radius 3 is 2.57 bits per heavy atom. The van der Waals surface area contributed by atoms with Gasteiger partial charge in [-0.2, -0.15) is 0 Å². The number of sulfonamides is 1. The fraction of sp³-hybridized carbons (Fsp3) is 0.636. The average molecular weight is 316 g/mol. The molecule has 9 nitrogen and oxygen atoms in total. The van der Waals surface area contributed by atoms with Gasteiger partial charge in [-0.25, -0.2) is 29.0 Å². The monoisotopic (exact) mass is 316 g/mol. The second-order valence-corrected chi connectivity index (χ2v) is 6.36. The second-order valence-electron chi connectivity index (χ2n) is 4.59. The van der Waals surface area contributed by atoms with Crippen molar-refractivity contribution in [3.63, 3.8) is 0 Å². The summed E-state index contributed by atoms with van der Waals surface area (Å²) in [6, 6.07) is 0. The van der Waals surface area contributed by atoms with Gasteiger partial charge in [-0.1, -0.05) is 0 Å². The van der Waals surface area contributed by atoms with E-state index in [9.17, 15) is 8.42 Å². The highest BCUT2D eigenvalue weighted by atomic mass is 32.2. The molecule has 2 heterocycles. The molecule has 1 fully saturated rings. The van der Waals surface area contributed by atoms with E-state index < -0.39 is 10.0 Å².